The Kier molecular flexibility index (Phi) is 11.9. The predicted octanol–water partition coefficient (Wildman–Crippen LogP) is 3.04. The van der Waals surface area contributed by atoms with Gasteiger partial charge in [-0.05, 0) is 63.8 Å². The second-order valence-electron chi connectivity index (χ2n) is 19.2. The first-order valence-electron chi connectivity index (χ1n) is 20.8. The molecule has 1 aromatic carbocycles. The number of aliphatic hydroxyl groups excluding tert-OH is 2. The molecule has 18 heteroatoms. The molecule has 3 heterocycles. The van der Waals surface area contributed by atoms with E-state index in [9.17, 15) is 43.3 Å². The van der Waals surface area contributed by atoms with Crippen molar-refractivity contribution in [2.45, 2.75) is 153 Å². The highest BCUT2D eigenvalue weighted by Gasteiger charge is 2.77. The van der Waals surface area contributed by atoms with Crippen LogP contribution in [0.5, 0.6) is 0 Å². The molecule has 0 aromatic heterocycles. The lowest BCUT2D eigenvalue weighted by atomic mass is 9.45. The molecule has 0 radical (unpaired) electrons. The number of benzene rings is 1. The molecule has 4 N–H and O–H groups in total. The molecule has 2 bridgehead atoms. The lowest BCUT2D eigenvalue weighted by Gasteiger charge is -2.68. The summed E-state index contributed by atoms with van der Waals surface area (Å²) in [6.45, 7) is 13.8. The SMILES string of the molecule is CC(=O)O[C@@]12CO[C@@H]1CC[C@@]1(C)[C@@H]3O[C@H](CN4CC(O)C4)O[C@@H]3C3=C(C)[C@@H](OC(=O)[C@H](O)[C@@H](NC(=O)OC(C)(C)C)C(F)F)C[C@@](O)([C@@H](OC(=O)c4ccccc4)[C@@H]12)C3(C)C. The van der Waals surface area contributed by atoms with Crippen LogP contribution >= 0.6 is 0 Å². The van der Waals surface area contributed by atoms with Crippen molar-refractivity contribution in [3.63, 3.8) is 0 Å². The molecule has 5 fully saturated rings. The van der Waals surface area contributed by atoms with E-state index in [1.807, 2.05) is 17.1 Å². The van der Waals surface area contributed by atoms with E-state index in [1.165, 1.54) is 27.7 Å². The van der Waals surface area contributed by atoms with Gasteiger partial charge in [-0.2, -0.15) is 0 Å². The average molecular weight is 865 g/mol. The van der Waals surface area contributed by atoms with Crippen molar-refractivity contribution in [1.29, 1.82) is 0 Å². The topological polar surface area (TPSA) is 209 Å². The van der Waals surface area contributed by atoms with Crippen LogP contribution in [0.3, 0.4) is 0 Å². The molecule has 3 saturated heterocycles. The van der Waals surface area contributed by atoms with Crippen molar-refractivity contribution in [2.24, 2.45) is 16.7 Å². The summed E-state index contributed by atoms with van der Waals surface area (Å²) in [4.78, 5) is 55.7. The fourth-order valence-corrected chi connectivity index (χ4v) is 10.7. The minimum atomic E-state index is -3.44. The number of hydrogen-bond donors (Lipinski definition) is 4. The van der Waals surface area contributed by atoms with Crippen LogP contribution in [0, 0.1) is 16.7 Å². The first kappa shape index (κ1) is 45.3. The Morgan fingerprint density at radius 2 is 1.72 bits per heavy atom. The average Bonchev–Trinajstić information content (AvgIpc) is 3.56. The summed E-state index contributed by atoms with van der Waals surface area (Å²) in [5, 5.41) is 36.7. The molecule has 12 atom stereocenters. The lowest BCUT2D eigenvalue weighted by Crippen LogP contribution is -2.79. The highest BCUT2D eigenvalue weighted by Crippen LogP contribution is 2.66. The third kappa shape index (κ3) is 7.95. The summed E-state index contributed by atoms with van der Waals surface area (Å²) < 4.78 is 72.4. The van der Waals surface area contributed by atoms with Gasteiger partial charge >= 0.3 is 24.0 Å². The zero-order valence-corrected chi connectivity index (χ0v) is 35.7. The van der Waals surface area contributed by atoms with E-state index >= 15 is 0 Å². The van der Waals surface area contributed by atoms with E-state index in [2.05, 4.69) is 0 Å². The fourth-order valence-electron chi connectivity index (χ4n) is 10.7. The van der Waals surface area contributed by atoms with Gasteiger partial charge in [0, 0.05) is 43.8 Å². The molecule has 16 nitrogen and oxygen atoms in total. The molecule has 1 aromatic rings. The van der Waals surface area contributed by atoms with E-state index in [0.717, 1.165) is 0 Å². The van der Waals surface area contributed by atoms with Gasteiger partial charge < -0.3 is 53.8 Å². The van der Waals surface area contributed by atoms with Gasteiger partial charge in [-0.15, -0.1) is 0 Å². The number of ether oxygens (including phenoxy) is 7. The standard InChI is InChI=1S/C43H58F2N2O14/c1-21-25(56-37(52)30(50)29(35(44)45)46-38(53)61-39(3,4)5)16-43(54)34(59-36(51)23-12-10-9-11-13-23)32-41(8,15-14-26-42(32,20-55-26)60-22(2)48)33-31(28(21)40(43,6)7)57-27(58-33)19-47-17-24(49)18-47/h9-13,24-27,29-35,49-50,54H,14-20H2,1-8H3,(H,46,53)/t25-,26+,27+,29+,30+,31+,32-,33+,34-,41+,42-,43+/m0/s1. The molecular formula is C43H58F2N2O14. The van der Waals surface area contributed by atoms with Gasteiger partial charge in [-0.1, -0.05) is 39.0 Å². The number of fused-ring (bicyclic) bond motifs is 8. The van der Waals surface area contributed by atoms with Gasteiger partial charge in [0.1, 0.15) is 41.7 Å². The highest BCUT2D eigenvalue weighted by atomic mass is 19.3. The van der Waals surface area contributed by atoms with E-state index < -0.39 is 125 Å². The molecule has 3 aliphatic carbocycles. The second kappa shape index (κ2) is 16.1. The number of nitrogens with one attached hydrogen (secondary N) is 1. The first-order chi connectivity index (χ1) is 28.4. The summed E-state index contributed by atoms with van der Waals surface area (Å²) in [5.74, 6) is -4.03. The molecule has 338 valence electrons. The molecule has 3 aliphatic heterocycles. The van der Waals surface area contributed by atoms with Crippen LogP contribution in [-0.2, 0) is 42.7 Å². The van der Waals surface area contributed by atoms with Crippen LogP contribution < -0.4 is 5.32 Å². The number of alkyl carbamates (subject to hydrolysis) is 1. The molecule has 0 unspecified atom stereocenters. The van der Waals surface area contributed by atoms with Crippen molar-refractivity contribution in [1.82, 2.24) is 10.2 Å². The number of halogens is 2. The van der Waals surface area contributed by atoms with Crippen LogP contribution in [0.15, 0.2) is 41.5 Å². The number of amides is 1. The minimum Gasteiger partial charge on any atom is -0.456 e. The number of likely N-dealkylation sites (tertiary alicyclic amines) is 1. The summed E-state index contributed by atoms with van der Waals surface area (Å²) >= 11 is 0. The van der Waals surface area contributed by atoms with Gasteiger partial charge in [0.2, 0.25) is 0 Å². The minimum absolute atomic E-state index is 0.104. The Bertz CT molecular complexity index is 1900. The summed E-state index contributed by atoms with van der Waals surface area (Å²) in [5.41, 5.74) is -6.27. The number of β-amino-alcohol motifs (C(OH)–C–C–N with tert-alkyl or cyclic N) is 1. The Hall–Kier alpha value is -3.78. The van der Waals surface area contributed by atoms with Crippen LogP contribution in [-0.4, -0.2) is 149 Å². The highest BCUT2D eigenvalue weighted by molar-refractivity contribution is 5.89. The number of carbonyl (C=O) groups is 4. The number of esters is 3. The maximum atomic E-state index is 14.4. The van der Waals surface area contributed by atoms with Crippen molar-refractivity contribution < 1.29 is 76.4 Å². The predicted molar refractivity (Wildman–Crippen MR) is 208 cm³/mol. The van der Waals surface area contributed by atoms with Crippen molar-refractivity contribution in [3.8, 4) is 0 Å². The number of rotatable bonds is 10. The number of alkyl halides is 2. The Morgan fingerprint density at radius 3 is 2.30 bits per heavy atom. The number of aliphatic hydroxyl groups is 3. The molecule has 6 aliphatic rings. The molecule has 7 rings (SSSR count). The third-order valence-corrected chi connectivity index (χ3v) is 13.7. The third-order valence-electron chi connectivity index (χ3n) is 13.7. The van der Waals surface area contributed by atoms with Gasteiger partial charge in [0.05, 0.1) is 30.3 Å². The number of carbonyl (C=O) groups excluding carboxylic acids is 4. The van der Waals surface area contributed by atoms with Crippen LogP contribution in [0.4, 0.5) is 13.6 Å². The van der Waals surface area contributed by atoms with Gasteiger partial charge in [0.25, 0.3) is 6.43 Å². The Balaban J connectivity index is 1.36. The van der Waals surface area contributed by atoms with Crippen molar-refractivity contribution in [2.75, 3.05) is 26.2 Å². The molecule has 61 heavy (non-hydrogen) atoms. The van der Waals surface area contributed by atoms with Crippen molar-refractivity contribution in [3.05, 3.63) is 47.0 Å². The zero-order chi connectivity index (χ0) is 44.6. The van der Waals surface area contributed by atoms with Crippen LogP contribution in [0.1, 0.15) is 85.0 Å². The zero-order valence-electron chi connectivity index (χ0n) is 35.7. The quantitative estimate of drug-likeness (QED) is 0.152. The van der Waals surface area contributed by atoms with E-state index in [1.54, 1.807) is 51.1 Å². The maximum Gasteiger partial charge on any atom is 0.408 e. The second-order valence-corrected chi connectivity index (χ2v) is 19.2. The Labute approximate surface area is 353 Å². The molecular weight excluding hydrogens is 806 g/mol. The lowest BCUT2D eigenvalue weighted by molar-refractivity contribution is -0.345. The number of nitrogens with zero attached hydrogens (tertiary/aromatic N) is 1. The van der Waals surface area contributed by atoms with Gasteiger partial charge in [-0.25, -0.2) is 23.2 Å². The fraction of sp³-hybridized carbons (Fsp3) is 0.721. The Morgan fingerprint density at radius 1 is 1.05 bits per heavy atom. The first-order valence-corrected chi connectivity index (χ1v) is 20.8. The van der Waals surface area contributed by atoms with E-state index in [4.69, 9.17) is 33.2 Å². The number of hydrogen-bond acceptors (Lipinski definition) is 15. The normalized spacial score (nSPS) is 36.7. The van der Waals surface area contributed by atoms with Crippen LogP contribution in [0.2, 0.25) is 0 Å². The van der Waals surface area contributed by atoms with Gasteiger partial charge in [0.15, 0.2) is 18.0 Å². The van der Waals surface area contributed by atoms with E-state index in [0.29, 0.717) is 37.1 Å². The van der Waals surface area contributed by atoms with Crippen LogP contribution in [0.25, 0.3) is 0 Å². The smallest absolute Gasteiger partial charge is 0.408 e. The molecule has 2 saturated carbocycles. The summed E-state index contributed by atoms with van der Waals surface area (Å²) in [7, 11) is 0. The maximum absolute atomic E-state index is 14.4. The van der Waals surface area contributed by atoms with Crippen molar-refractivity contribution >= 4 is 24.0 Å². The monoisotopic (exact) mass is 864 g/mol. The summed E-state index contributed by atoms with van der Waals surface area (Å²) in [6.07, 6.45) is -13.9. The molecule has 0 spiro atoms. The summed E-state index contributed by atoms with van der Waals surface area (Å²) in [6, 6.07) is 5.67. The molecule has 1 amide bonds. The largest absolute Gasteiger partial charge is 0.456 e. The van der Waals surface area contributed by atoms with E-state index in [-0.39, 0.29) is 18.7 Å². The van der Waals surface area contributed by atoms with Gasteiger partial charge in [-0.3, -0.25) is 9.69 Å².